The average Bonchev–Trinajstić information content (AvgIpc) is 2.51. The summed E-state index contributed by atoms with van der Waals surface area (Å²) in [6.07, 6.45) is 1.65. The fraction of sp³-hybridized carbons (Fsp3) is 0.111. The predicted octanol–water partition coefficient (Wildman–Crippen LogP) is 1.91. The third-order valence-electron chi connectivity index (χ3n) is 1.80. The molecule has 0 aliphatic heterocycles. The van der Waals surface area contributed by atoms with Crippen molar-refractivity contribution >= 4 is 11.0 Å². The molecule has 0 spiro atoms. The van der Waals surface area contributed by atoms with E-state index in [9.17, 15) is 0 Å². The molecule has 0 saturated heterocycles. The Kier molecular flexibility index (Phi) is 1.81. The zero-order valence-electron chi connectivity index (χ0n) is 6.45. The van der Waals surface area contributed by atoms with Crippen LogP contribution in [0.4, 0.5) is 0 Å². The van der Waals surface area contributed by atoms with Crippen LogP contribution in [0.2, 0.25) is 0 Å². The Morgan fingerprint density at radius 1 is 1.33 bits per heavy atom. The summed E-state index contributed by atoms with van der Waals surface area (Å²) in [6, 6.07) is 7.68. The number of hydrogen-bond donors (Lipinski definition) is 2. The van der Waals surface area contributed by atoms with Crippen LogP contribution in [-0.2, 0) is 6.54 Å². The number of rotatable bonds is 2. The highest BCUT2D eigenvalue weighted by Crippen LogP contribution is 2.16. The summed E-state index contributed by atoms with van der Waals surface area (Å²) in [5.41, 5.74) is 4.02. The van der Waals surface area contributed by atoms with Crippen LogP contribution in [-0.4, -0.2) is 5.21 Å². The van der Waals surface area contributed by atoms with Crippen LogP contribution in [0.1, 0.15) is 5.56 Å². The van der Waals surface area contributed by atoms with E-state index < -0.39 is 0 Å². The minimum Gasteiger partial charge on any atom is -0.464 e. The second kappa shape index (κ2) is 2.97. The van der Waals surface area contributed by atoms with E-state index in [1.165, 1.54) is 0 Å². The molecule has 2 rings (SSSR count). The molecule has 0 bridgehead atoms. The Morgan fingerprint density at radius 2 is 2.25 bits per heavy atom. The van der Waals surface area contributed by atoms with Crippen LogP contribution in [0, 0.1) is 0 Å². The first-order valence-corrected chi connectivity index (χ1v) is 3.73. The molecule has 2 N–H and O–H groups in total. The van der Waals surface area contributed by atoms with Crippen molar-refractivity contribution in [3.8, 4) is 0 Å². The third kappa shape index (κ3) is 1.20. The van der Waals surface area contributed by atoms with E-state index in [0.717, 1.165) is 16.5 Å². The van der Waals surface area contributed by atoms with Crippen molar-refractivity contribution in [1.29, 1.82) is 0 Å². The lowest BCUT2D eigenvalue weighted by atomic mass is 10.2. The fourth-order valence-corrected chi connectivity index (χ4v) is 1.22. The predicted molar refractivity (Wildman–Crippen MR) is 44.8 cm³/mol. The van der Waals surface area contributed by atoms with Crippen LogP contribution < -0.4 is 5.48 Å². The summed E-state index contributed by atoms with van der Waals surface area (Å²) >= 11 is 0. The third-order valence-corrected chi connectivity index (χ3v) is 1.80. The van der Waals surface area contributed by atoms with Gasteiger partial charge in [-0.05, 0) is 23.8 Å². The zero-order valence-corrected chi connectivity index (χ0v) is 6.45. The average molecular weight is 163 g/mol. The van der Waals surface area contributed by atoms with Gasteiger partial charge in [0.25, 0.3) is 0 Å². The van der Waals surface area contributed by atoms with Crippen molar-refractivity contribution in [2.24, 2.45) is 0 Å². The zero-order chi connectivity index (χ0) is 8.39. The molecule has 3 heteroatoms. The van der Waals surface area contributed by atoms with Crippen molar-refractivity contribution in [2.75, 3.05) is 0 Å². The van der Waals surface area contributed by atoms with E-state index in [1.54, 1.807) is 6.26 Å². The van der Waals surface area contributed by atoms with E-state index in [0.29, 0.717) is 6.54 Å². The summed E-state index contributed by atoms with van der Waals surface area (Å²) in [4.78, 5) is 0. The van der Waals surface area contributed by atoms with E-state index in [-0.39, 0.29) is 0 Å². The van der Waals surface area contributed by atoms with Gasteiger partial charge < -0.3 is 9.62 Å². The number of furan rings is 1. The van der Waals surface area contributed by atoms with Crippen LogP contribution in [0.15, 0.2) is 34.9 Å². The van der Waals surface area contributed by atoms with Crippen molar-refractivity contribution in [2.45, 2.75) is 6.54 Å². The summed E-state index contributed by atoms with van der Waals surface area (Å²) in [5, 5.41) is 9.53. The van der Waals surface area contributed by atoms with Crippen molar-refractivity contribution in [1.82, 2.24) is 5.48 Å². The maximum Gasteiger partial charge on any atom is 0.133 e. The molecule has 0 unspecified atom stereocenters. The van der Waals surface area contributed by atoms with Crippen LogP contribution >= 0.6 is 0 Å². The second-order valence-electron chi connectivity index (χ2n) is 2.63. The van der Waals surface area contributed by atoms with Gasteiger partial charge in [0.15, 0.2) is 0 Å². The van der Waals surface area contributed by atoms with Gasteiger partial charge in [0.2, 0.25) is 0 Å². The molecule has 0 saturated carbocycles. The van der Waals surface area contributed by atoms with Crippen LogP contribution in [0.25, 0.3) is 11.0 Å². The minimum absolute atomic E-state index is 0.459. The number of fused-ring (bicyclic) bond motifs is 1. The van der Waals surface area contributed by atoms with Crippen molar-refractivity contribution < 1.29 is 9.62 Å². The maximum atomic E-state index is 8.47. The fourth-order valence-electron chi connectivity index (χ4n) is 1.22. The first-order valence-electron chi connectivity index (χ1n) is 3.73. The highest BCUT2D eigenvalue weighted by Gasteiger charge is 1.97. The summed E-state index contributed by atoms with van der Waals surface area (Å²) < 4.78 is 5.17. The smallest absolute Gasteiger partial charge is 0.133 e. The van der Waals surface area contributed by atoms with Crippen molar-refractivity contribution in [3.05, 3.63) is 36.1 Å². The molecule has 0 aliphatic carbocycles. The molecule has 0 atom stereocenters. The van der Waals surface area contributed by atoms with Gasteiger partial charge in [0.1, 0.15) is 5.58 Å². The van der Waals surface area contributed by atoms with Gasteiger partial charge >= 0.3 is 0 Å². The van der Waals surface area contributed by atoms with Gasteiger partial charge in [-0.15, -0.1) is 0 Å². The Hall–Kier alpha value is -1.32. The minimum atomic E-state index is 0.459. The van der Waals surface area contributed by atoms with E-state index in [2.05, 4.69) is 5.48 Å². The molecule has 0 amide bonds. The van der Waals surface area contributed by atoms with E-state index in [4.69, 9.17) is 9.62 Å². The van der Waals surface area contributed by atoms with Gasteiger partial charge in [-0.1, -0.05) is 6.07 Å². The number of nitrogens with one attached hydrogen (secondary N) is 1. The van der Waals surface area contributed by atoms with Gasteiger partial charge in [0.05, 0.1) is 6.26 Å². The van der Waals surface area contributed by atoms with Gasteiger partial charge in [-0.25, -0.2) is 5.48 Å². The Balaban J connectivity index is 2.46. The standard InChI is InChI=1S/C9H9NO2/c11-10-6-7-1-2-9-8(5-7)3-4-12-9/h1-5,10-11H,6H2. The van der Waals surface area contributed by atoms with Gasteiger partial charge in [-0.2, -0.15) is 0 Å². The lowest BCUT2D eigenvalue weighted by molar-refractivity contribution is 0.161. The molecule has 2 aromatic rings. The van der Waals surface area contributed by atoms with Crippen LogP contribution in [0.3, 0.4) is 0 Å². The van der Waals surface area contributed by atoms with Crippen LogP contribution in [0.5, 0.6) is 0 Å². The Labute approximate surface area is 69.6 Å². The van der Waals surface area contributed by atoms with Gasteiger partial charge in [-0.3, -0.25) is 0 Å². The Bertz CT molecular complexity index is 381. The number of hydroxylamine groups is 1. The quantitative estimate of drug-likeness (QED) is 0.665. The molecule has 0 aliphatic rings. The largest absolute Gasteiger partial charge is 0.464 e. The van der Waals surface area contributed by atoms with E-state index >= 15 is 0 Å². The first-order chi connectivity index (χ1) is 5.90. The van der Waals surface area contributed by atoms with Crippen molar-refractivity contribution in [3.63, 3.8) is 0 Å². The molecule has 62 valence electrons. The number of benzene rings is 1. The first kappa shape index (κ1) is 7.34. The molecule has 3 nitrogen and oxygen atoms in total. The highest BCUT2D eigenvalue weighted by molar-refractivity contribution is 5.77. The second-order valence-corrected chi connectivity index (χ2v) is 2.63. The highest BCUT2D eigenvalue weighted by atomic mass is 16.5. The summed E-state index contributed by atoms with van der Waals surface area (Å²) in [5.74, 6) is 0. The molecule has 1 aromatic carbocycles. The van der Waals surface area contributed by atoms with Gasteiger partial charge in [0, 0.05) is 11.9 Å². The Morgan fingerprint density at radius 3 is 3.08 bits per heavy atom. The molecule has 0 radical (unpaired) electrons. The molecule has 0 fully saturated rings. The normalized spacial score (nSPS) is 10.8. The lowest BCUT2D eigenvalue weighted by Gasteiger charge is -1.97. The molecule has 12 heavy (non-hydrogen) atoms. The molecular formula is C9H9NO2. The maximum absolute atomic E-state index is 8.47. The monoisotopic (exact) mass is 163 g/mol. The SMILES string of the molecule is ONCc1ccc2occc2c1. The summed E-state index contributed by atoms with van der Waals surface area (Å²) in [6.45, 7) is 0.459. The molecule has 1 aromatic heterocycles. The van der Waals surface area contributed by atoms with E-state index in [1.807, 2.05) is 24.3 Å². The molecule has 1 heterocycles. The lowest BCUT2D eigenvalue weighted by Crippen LogP contribution is -2.05. The number of hydrogen-bond acceptors (Lipinski definition) is 3. The summed E-state index contributed by atoms with van der Waals surface area (Å²) in [7, 11) is 0. The molecular weight excluding hydrogens is 154 g/mol. The topological polar surface area (TPSA) is 45.4 Å².